The van der Waals surface area contributed by atoms with Gasteiger partial charge in [0, 0.05) is 17.6 Å². The van der Waals surface area contributed by atoms with Crippen LogP contribution >= 0.6 is 0 Å². The molecule has 3 unspecified atom stereocenters. The first-order valence-electron chi connectivity index (χ1n) is 7.32. The molecule has 1 rings (SSSR count). The Morgan fingerprint density at radius 3 is 2.41 bits per heavy atom. The summed E-state index contributed by atoms with van der Waals surface area (Å²) >= 11 is 0. The molecule has 3 atom stereocenters. The highest BCUT2D eigenvalue weighted by atomic mass is 15.2. The molecule has 1 heterocycles. The lowest BCUT2D eigenvalue weighted by atomic mass is 9.94. The standard InChI is InChI=1S/C15H32N2/c1-12(11-16-15(4,5)6)14(3)17-10-8-7-9-13(17)2/h12-14,16H,7-11H2,1-6H3. The lowest BCUT2D eigenvalue weighted by molar-refractivity contribution is 0.0819. The van der Waals surface area contributed by atoms with E-state index in [2.05, 4.69) is 51.8 Å². The van der Waals surface area contributed by atoms with Gasteiger partial charge in [0.1, 0.15) is 0 Å². The van der Waals surface area contributed by atoms with Crippen molar-refractivity contribution in [2.75, 3.05) is 13.1 Å². The third-order valence-corrected chi connectivity index (χ3v) is 4.16. The molecule has 1 aliphatic rings. The molecule has 1 aliphatic heterocycles. The van der Waals surface area contributed by atoms with Crippen LogP contribution in [-0.4, -0.2) is 35.6 Å². The van der Waals surface area contributed by atoms with Gasteiger partial charge < -0.3 is 5.32 Å². The van der Waals surface area contributed by atoms with Gasteiger partial charge >= 0.3 is 0 Å². The Bertz CT molecular complexity index is 219. The van der Waals surface area contributed by atoms with E-state index < -0.39 is 0 Å². The Labute approximate surface area is 108 Å². The molecule has 0 amide bonds. The van der Waals surface area contributed by atoms with Crippen molar-refractivity contribution in [2.45, 2.75) is 78.4 Å². The van der Waals surface area contributed by atoms with Gasteiger partial charge in [-0.25, -0.2) is 0 Å². The number of piperidine rings is 1. The fourth-order valence-electron chi connectivity index (χ4n) is 2.69. The van der Waals surface area contributed by atoms with E-state index in [1.165, 1.54) is 25.8 Å². The molecule has 2 heteroatoms. The molecule has 0 spiro atoms. The third kappa shape index (κ3) is 4.97. The molecule has 102 valence electrons. The van der Waals surface area contributed by atoms with Crippen LogP contribution < -0.4 is 5.32 Å². The number of hydrogen-bond acceptors (Lipinski definition) is 2. The van der Waals surface area contributed by atoms with Gasteiger partial charge in [-0.3, -0.25) is 4.90 Å². The Balaban J connectivity index is 2.42. The molecular weight excluding hydrogens is 208 g/mol. The maximum Gasteiger partial charge on any atom is 0.0107 e. The zero-order valence-electron chi connectivity index (χ0n) is 12.7. The minimum Gasteiger partial charge on any atom is -0.312 e. The van der Waals surface area contributed by atoms with Gasteiger partial charge in [-0.05, 0) is 66.5 Å². The highest BCUT2D eigenvalue weighted by Crippen LogP contribution is 2.22. The van der Waals surface area contributed by atoms with Gasteiger partial charge in [0.05, 0.1) is 0 Å². The summed E-state index contributed by atoms with van der Waals surface area (Å²) in [6, 6.07) is 1.47. The first-order chi connectivity index (χ1) is 7.81. The van der Waals surface area contributed by atoms with Gasteiger partial charge in [-0.2, -0.15) is 0 Å². The topological polar surface area (TPSA) is 15.3 Å². The van der Waals surface area contributed by atoms with Crippen molar-refractivity contribution in [1.82, 2.24) is 10.2 Å². The van der Waals surface area contributed by atoms with Crippen LogP contribution in [0.25, 0.3) is 0 Å². The Morgan fingerprint density at radius 2 is 1.88 bits per heavy atom. The normalized spacial score (nSPS) is 26.8. The summed E-state index contributed by atoms with van der Waals surface area (Å²) in [6.45, 7) is 16.3. The molecule has 2 nitrogen and oxygen atoms in total. The molecule has 0 aromatic heterocycles. The summed E-state index contributed by atoms with van der Waals surface area (Å²) in [7, 11) is 0. The zero-order chi connectivity index (χ0) is 13.1. The fourth-order valence-corrected chi connectivity index (χ4v) is 2.69. The average Bonchev–Trinajstić information content (AvgIpc) is 2.24. The van der Waals surface area contributed by atoms with E-state index in [0.717, 1.165) is 18.5 Å². The minimum atomic E-state index is 0.238. The predicted octanol–water partition coefficient (Wildman–Crippen LogP) is 3.27. The summed E-state index contributed by atoms with van der Waals surface area (Å²) in [5, 5.41) is 3.63. The average molecular weight is 240 g/mol. The van der Waals surface area contributed by atoms with Crippen LogP contribution in [0.2, 0.25) is 0 Å². The second-order valence-electron chi connectivity index (χ2n) is 6.93. The van der Waals surface area contributed by atoms with Crippen LogP contribution in [-0.2, 0) is 0 Å². The van der Waals surface area contributed by atoms with Crippen molar-refractivity contribution < 1.29 is 0 Å². The molecular formula is C15H32N2. The van der Waals surface area contributed by atoms with Crippen LogP contribution in [0, 0.1) is 5.92 Å². The van der Waals surface area contributed by atoms with Gasteiger partial charge in [-0.1, -0.05) is 13.3 Å². The molecule has 1 fully saturated rings. The van der Waals surface area contributed by atoms with E-state index in [-0.39, 0.29) is 5.54 Å². The summed E-state index contributed by atoms with van der Waals surface area (Å²) in [5.74, 6) is 0.717. The van der Waals surface area contributed by atoms with E-state index in [1.54, 1.807) is 0 Å². The smallest absolute Gasteiger partial charge is 0.0107 e. The van der Waals surface area contributed by atoms with Crippen molar-refractivity contribution in [2.24, 2.45) is 5.92 Å². The number of nitrogens with one attached hydrogen (secondary N) is 1. The summed E-state index contributed by atoms with van der Waals surface area (Å²) in [4.78, 5) is 2.71. The molecule has 0 aromatic carbocycles. The number of hydrogen-bond donors (Lipinski definition) is 1. The van der Waals surface area contributed by atoms with Crippen LogP contribution in [0.3, 0.4) is 0 Å². The SMILES string of the molecule is CC(CNC(C)(C)C)C(C)N1CCCCC1C. The van der Waals surface area contributed by atoms with E-state index >= 15 is 0 Å². The van der Waals surface area contributed by atoms with Crippen molar-refractivity contribution in [3.63, 3.8) is 0 Å². The Kier molecular flexibility index (Phi) is 5.46. The highest BCUT2D eigenvalue weighted by molar-refractivity contribution is 4.83. The van der Waals surface area contributed by atoms with Crippen molar-refractivity contribution >= 4 is 0 Å². The van der Waals surface area contributed by atoms with E-state index in [4.69, 9.17) is 0 Å². The monoisotopic (exact) mass is 240 g/mol. The Hall–Kier alpha value is -0.0800. The first kappa shape index (κ1) is 15.0. The number of nitrogens with zero attached hydrogens (tertiary/aromatic N) is 1. The maximum atomic E-state index is 3.63. The summed E-state index contributed by atoms with van der Waals surface area (Å²) in [6.07, 6.45) is 4.18. The first-order valence-corrected chi connectivity index (χ1v) is 7.32. The van der Waals surface area contributed by atoms with E-state index in [9.17, 15) is 0 Å². The van der Waals surface area contributed by atoms with Crippen LogP contribution in [0.15, 0.2) is 0 Å². The Morgan fingerprint density at radius 1 is 1.24 bits per heavy atom. The van der Waals surface area contributed by atoms with Gasteiger partial charge in [0.15, 0.2) is 0 Å². The van der Waals surface area contributed by atoms with Gasteiger partial charge in [0.25, 0.3) is 0 Å². The van der Waals surface area contributed by atoms with Crippen LogP contribution in [0.5, 0.6) is 0 Å². The molecule has 0 aliphatic carbocycles. The molecule has 1 saturated heterocycles. The van der Waals surface area contributed by atoms with E-state index in [0.29, 0.717) is 6.04 Å². The lowest BCUT2D eigenvalue weighted by Crippen LogP contribution is -2.49. The molecule has 0 bridgehead atoms. The third-order valence-electron chi connectivity index (χ3n) is 4.16. The van der Waals surface area contributed by atoms with E-state index in [1.807, 2.05) is 0 Å². The van der Waals surface area contributed by atoms with Crippen LogP contribution in [0.1, 0.15) is 60.8 Å². The lowest BCUT2D eigenvalue weighted by Gasteiger charge is -2.41. The van der Waals surface area contributed by atoms with Crippen molar-refractivity contribution in [1.29, 1.82) is 0 Å². The van der Waals surface area contributed by atoms with Crippen molar-refractivity contribution in [3.05, 3.63) is 0 Å². The molecule has 0 radical (unpaired) electrons. The molecule has 1 N–H and O–H groups in total. The molecule has 17 heavy (non-hydrogen) atoms. The molecule has 0 saturated carbocycles. The second kappa shape index (κ2) is 6.19. The van der Waals surface area contributed by atoms with Crippen LogP contribution in [0.4, 0.5) is 0 Å². The largest absolute Gasteiger partial charge is 0.312 e. The fraction of sp³-hybridized carbons (Fsp3) is 1.00. The maximum absolute atomic E-state index is 3.63. The second-order valence-corrected chi connectivity index (χ2v) is 6.93. The number of rotatable bonds is 4. The minimum absolute atomic E-state index is 0.238. The predicted molar refractivity (Wildman–Crippen MR) is 76.4 cm³/mol. The van der Waals surface area contributed by atoms with Gasteiger partial charge in [0.2, 0.25) is 0 Å². The quantitative estimate of drug-likeness (QED) is 0.811. The van der Waals surface area contributed by atoms with Crippen molar-refractivity contribution in [3.8, 4) is 0 Å². The number of likely N-dealkylation sites (tertiary alicyclic amines) is 1. The molecule has 0 aromatic rings. The zero-order valence-corrected chi connectivity index (χ0v) is 12.7. The summed E-state index contributed by atoms with van der Waals surface area (Å²) < 4.78 is 0. The van der Waals surface area contributed by atoms with Gasteiger partial charge in [-0.15, -0.1) is 0 Å². The highest BCUT2D eigenvalue weighted by Gasteiger charge is 2.26. The summed E-state index contributed by atoms with van der Waals surface area (Å²) in [5.41, 5.74) is 0.238.